The number of amides is 2. The average Bonchev–Trinajstić information content (AvgIpc) is 3.05. The molecule has 0 saturated carbocycles. The topological polar surface area (TPSA) is 49.4 Å². The molecule has 0 aromatic heterocycles. The Bertz CT molecular complexity index is 1390. The Balaban J connectivity index is 1.65. The molecular formula is C26H16Cl2N2O2. The van der Waals surface area contributed by atoms with Crippen molar-refractivity contribution in [3.8, 4) is 0 Å². The summed E-state index contributed by atoms with van der Waals surface area (Å²) in [5.41, 5.74) is 2.29. The molecule has 0 spiro atoms. The third-order valence-corrected chi connectivity index (χ3v) is 5.85. The van der Waals surface area contributed by atoms with Crippen molar-refractivity contribution >= 4 is 62.7 Å². The molecule has 0 radical (unpaired) electrons. The van der Waals surface area contributed by atoms with E-state index in [1.807, 2.05) is 42.5 Å². The summed E-state index contributed by atoms with van der Waals surface area (Å²) >= 11 is 12.0. The van der Waals surface area contributed by atoms with Gasteiger partial charge in [0, 0.05) is 21.1 Å². The van der Waals surface area contributed by atoms with E-state index in [-0.39, 0.29) is 11.3 Å². The van der Waals surface area contributed by atoms with E-state index in [2.05, 4.69) is 5.32 Å². The van der Waals surface area contributed by atoms with Gasteiger partial charge in [0.05, 0.1) is 11.3 Å². The molecule has 0 atom stereocenters. The van der Waals surface area contributed by atoms with Crippen LogP contribution in [0.5, 0.6) is 0 Å². The number of hydrogen-bond acceptors (Lipinski definition) is 3. The summed E-state index contributed by atoms with van der Waals surface area (Å²) in [5.74, 6) is -0.849. The van der Waals surface area contributed by atoms with E-state index in [1.165, 1.54) is 0 Å². The molecule has 0 saturated heterocycles. The molecule has 0 fully saturated rings. The summed E-state index contributed by atoms with van der Waals surface area (Å²) in [6.07, 6.45) is 0. The van der Waals surface area contributed by atoms with Gasteiger partial charge in [-0.2, -0.15) is 0 Å². The van der Waals surface area contributed by atoms with E-state index >= 15 is 0 Å². The first kappa shape index (κ1) is 20.3. The van der Waals surface area contributed by atoms with Crippen molar-refractivity contribution in [3.63, 3.8) is 0 Å². The van der Waals surface area contributed by atoms with Crippen LogP contribution in [-0.4, -0.2) is 11.8 Å². The molecule has 4 nitrogen and oxygen atoms in total. The number of fused-ring (bicyclic) bond motifs is 1. The van der Waals surface area contributed by atoms with Gasteiger partial charge >= 0.3 is 0 Å². The number of carbonyl (C=O) groups excluding carboxylic acids is 2. The van der Waals surface area contributed by atoms with Gasteiger partial charge in [-0.15, -0.1) is 0 Å². The van der Waals surface area contributed by atoms with E-state index in [1.54, 1.807) is 48.5 Å². The van der Waals surface area contributed by atoms with Gasteiger partial charge in [-0.25, -0.2) is 4.90 Å². The molecule has 1 aliphatic heterocycles. The van der Waals surface area contributed by atoms with E-state index in [0.29, 0.717) is 21.3 Å². The molecule has 4 aromatic carbocycles. The third-order valence-electron chi connectivity index (χ3n) is 5.35. The van der Waals surface area contributed by atoms with Crippen LogP contribution < -0.4 is 10.2 Å². The van der Waals surface area contributed by atoms with Crippen molar-refractivity contribution < 1.29 is 9.59 Å². The zero-order valence-corrected chi connectivity index (χ0v) is 18.2. The van der Waals surface area contributed by atoms with Crippen LogP contribution >= 0.6 is 23.2 Å². The van der Waals surface area contributed by atoms with Crippen LogP contribution in [0.15, 0.2) is 96.7 Å². The minimum absolute atomic E-state index is 0.212. The largest absolute Gasteiger partial charge is 0.350 e. The van der Waals surface area contributed by atoms with E-state index in [9.17, 15) is 9.59 Å². The summed E-state index contributed by atoms with van der Waals surface area (Å²) < 4.78 is 0. The van der Waals surface area contributed by atoms with Gasteiger partial charge in [0.1, 0.15) is 5.70 Å². The van der Waals surface area contributed by atoms with Crippen LogP contribution in [0.2, 0.25) is 10.0 Å². The molecule has 2 amide bonds. The number of hydrogen-bond donors (Lipinski definition) is 1. The molecule has 4 aromatic rings. The summed E-state index contributed by atoms with van der Waals surface area (Å²) in [7, 11) is 0. The fraction of sp³-hybridized carbons (Fsp3) is 0. The highest BCUT2D eigenvalue weighted by atomic mass is 35.5. The van der Waals surface area contributed by atoms with Crippen LogP contribution in [0, 0.1) is 0 Å². The zero-order valence-electron chi connectivity index (χ0n) is 16.7. The summed E-state index contributed by atoms with van der Waals surface area (Å²) in [6, 6.07) is 27.1. The first-order chi connectivity index (χ1) is 15.5. The number of nitrogens with one attached hydrogen (secondary N) is 1. The number of anilines is 2. The maximum Gasteiger partial charge on any atom is 0.282 e. The van der Waals surface area contributed by atoms with Crippen LogP contribution in [0.1, 0.15) is 5.56 Å². The molecule has 1 heterocycles. The lowest BCUT2D eigenvalue weighted by molar-refractivity contribution is -0.120. The van der Waals surface area contributed by atoms with Gasteiger partial charge in [-0.3, -0.25) is 9.59 Å². The quantitative estimate of drug-likeness (QED) is 0.353. The molecule has 5 rings (SSSR count). The van der Waals surface area contributed by atoms with E-state index in [4.69, 9.17) is 23.2 Å². The lowest BCUT2D eigenvalue weighted by Crippen LogP contribution is -2.32. The summed E-state index contributed by atoms with van der Waals surface area (Å²) in [5, 5.41) is 6.29. The van der Waals surface area contributed by atoms with Crippen molar-refractivity contribution in [1.82, 2.24) is 0 Å². The molecule has 156 valence electrons. The van der Waals surface area contributed by atoms with Crippen LogP contribution in [0.4, 0.5) is 11.4 Å². The Labute approximate surface area is 194 Å². The number of imide groups is 1. The first-order valence-electron chi connectivity index (χ1n) is 9.92. The predicted molar refractivity (Wildman–Crippen MR) is 130 cm³/mol. The normalized spacial score (nSPS) is 13.9. The van der Waals surface area contributed by atoms with Gasteiger partial charge < -0.3 is 5.32 Å². The number of rotatable bonds is 4. The van der Waals surface area contributed by atoms with Gasteiger partial charge in [-0.05, 0) is 53.4 Å². The molecular weight excluding hydrogens is 443 g/mol. The highest BCUT2D eigenvalue weighted by molar-refractivity contribution is 6.46. The van der Waals surface area contributed by atoms with Crippen molar-refractivity contribution in [2.24, 2.45) is 0 Å². The Morgan fingerprint density at radius 2 is 1.28 bits per heavy atom. The van der Waals surface area contributed by atoms with Crippen molar-refractivity contribution in [2.75, 3.05) is 10.2 Å². The smallest absolute Gasteiger partial charge is 0.282 e. The summed E-state index contributed by atoms with van der Waals surface area (Å²) in [4.78, 5) is 28.2. The number of halogens is 2. The predicted octanol–water partition coefficient (Wildman–Crippen LogP) is 6.54. The van der Waals surface area contributed by atoms with Gasteiger partial charge in [0.2, 0.25) is 0 Å². The first-order valence-corrected chi connectivity index (χ1v) is 10.7. The van der Waals surface area contributed by atoms with Crippen molar-refractivity contribution in [1.29, 1.82) is 0 Å². The zero-order chi connectivity index (χ0) is 22.2. The lowest BCUT2D eigenvalue weighted by atomic mass is 10.0. The highest BCUT2D eigenvalue weighted by Gasteiger charge is 2.40. The molecule has 6 heteroatoms. The monoisotopic (exact) mass is 458 g/mol. The molecule has 1 aliphatic rings. The molecule has 0 unspecified atom stereocenters. The van der Waals surface area contributed by atoms with Crippen molar-refractivity contribution in [2.45, 2.75) is 0 Å². The minimum atomic E-state index is -0.435. The lowest BCUT2D eigenvalue weighted by Gasteiger charge is -2.16. The van der Waals surface area contributed by atoms with Crippen LogP contribution in [0.3, 0.4) is 0 Å². The number of carbonyl (C=O) groups is 2. The number of benzene rings is 4. The van der Waals surface area contributed by atoms with Gasteiger partial charge in [0.15, 0.2) is 0 Å². The fourth-order valence-electron chi connectivity index (χ4n) is 3.82. The highest BCUT2D eigenvalue weighted by Crippen LogP contribution is 2.35. The SMILES string of the molecule is O=C1C(Nc2cccc3ccccc23)=C(c2ccc(Cl)cc2)C(=O)N1c1ccc(Cl)cc1. The third kappa shape index (κ3) is 3.54. The van der Waals surface area contributed by atoms with E-state index < -0.39 is 11.8 Å². The molecule has 0 bridgehead atoms. The van der Waals surface area contributed by atoms with E-state index in [0.717, 1.165) is 21.4 Å². The minimum Gasteiger partial charge on any atom is -0.350 e. The van der Waals surface area contributed by atoms with Gasteiger partial charge in [0.25, 0.3) is 11.8 Å². The second kappa shape index (κ2) is 8.15. The number of nitrogens with zero attached hydrogens (tertiary/aromatic N) is 1. The maximum atomic E-state index is 13.5. The molecule has 1 N–H and O–H groups in total. The second-order valence-electron chi connectivity index (χ2n) is 7.33. The maximum absolute atomic E-state index is 13.5. The summed E-state index contributed by atoms with van der Waals surface area (Å²) in [6.45, 7) is 0. The van der Waals surface area contributed by atoms with Crippen molar-refractivity contribution in [3.05, 3.63) is 112 Å². The van der Waals surface area contributed by atoms with Crippen LogP contribution in [-0.2, 0) is 9.59 Å². The Morgan fingerprint density at radius 1 is 0.656 bits per heavy atom. The Morgan fingerprint density at radius 3 is 2.00 bits per heavy atom. The Hall–Kier alpha value is -3.60. The average molecular weight is 459 g/mol. The second-order valence-corrected chi connectivity index (χ2v) is 8.20. The molecule has 32 heavy (non-hydrogen) atoms. The molecule has 0 aliphatic carbocycles. The standard InChI is InChI=1S/C26H16Cl2N2O2/c27-18-10-8-17(9-11-18)23-24(29-22-7-3-5-16-4-1-2-6-21(16)22)26(32)30(25(23)31)20-14-12-19(28)13-15-20/h1-15,29H. The fourth-order valence-corrected chi connectivity index (χ4v) is 4.08. The Kier molecular flexibility index (Phi) is 5.17. The van der Waals surface area contributed by atoms with Gasteiger partial charge in [-0.1, -0.05) is 71.7 Å². The van der Waals surface area contributed by atoms with Crippen LogP contribution in [0.25, 0.3) is 16.3 Å².